The Morgan fingerprint density at radius 1 is 1.31 bits per heavy atom. The third-order valence-electron chi connectivity index (χ3n) is 3.74. The molecule has 2 saturated carbocycles. The standard InChI is InChI=1S/C10H17NO2/c1-13-8(12)9-3-2-4-10(11,7-9)6-5-9/h2-7,11H2,1H3. The second-order valence-corrected chi connectivity index (χ2v) is 4.66. The van der Waals surface area contributed by atoms with E-state index in [0.717, 1.165) is 38.5 Å². The number of rotatable bonds is 1. The van der Waals surface area contributed by atoms with Crippen molar-refractivity contribution in [2.24, 2.45) is 11.1 Å². The van der Waals surface area contributed by atoms with Gasteiger partial charge in [0.05, 0.1) is 12.5 Å². The molecule has 0 amide bonds. The highest BCUT2D eigenvalue weighted by atomic mass is 16.5. The SMILES string of the molecule is COC(=O)C12CCCC(N)(CC1)C2. The van der Waals surface area contributed by atoms with Crippen molar-refractivity contribution in [2.45, 2.75) is 44.1 Å². The number of carbonyl (C=O) groups is 1. The van der Waals surface area contributed by atoms with Gasteiger partial charge in [-0.1, -0.05) is 6.42 Å². The first-order chi connectivity index (χ1) is 6.10. The van der Waals surface area contributed by atoms with Gasteiger partial charge in [0.25, 0.3) is 0 Å². The smallest absolute Gasteiger partial charge is 0.311 e. The Bertz CT molecular complexity index is 241. The molecule has 2 N–H and O–H groups in total. The zero-order chi connectivity index (χ0) is 9.53. The summed E-state index contributed by atoms with van der Waals surface area (Å²) < 4.78 is 4.86. The van der Waals surface area contributed by atoms with Gasteiger partial charge in [0.1, 0.15) is 0 Å². The number of hydrogen-bond acceptors (Lipinski definition) is 3. The lowest BCUT2D eigenvalue weighted by atomic mass is 9.73. The fourth-order valence-electron chi connectivity index (χ4n) is 3.04. The van der Waals surface area contributed by atoms with Crippen molar-refractivity contribution in [3.05, 3.63) is 0 Å². The molecule has 3 nitrogen and oxygen atoms in total. The molecule has 2 rings (SSSR count). The summed E-state index contributed by atoms with van der Waals surface area (Å²) in [5.74, 6) is -0.0421. The molecule has 0 saturated heterocycles. The van der Waals surface area contributed by atoms with E-state index in [4.69, 9.17) is 10.5 Å². The third kappa shape index (κ3) is 1.26. The maximum absolute atomic E-state index is 11.6. The van der Waals surface area contributed by atoms with Gasteiger partial charge in [0.15, 0.2) is 0 Å². The molecule has 13 heavy (non-hydrogen) atoms. The Hall–Kier alpha value is -0.570. The van der Waals surface area contributed by atoms with Gasteiger partial charge in [-0.3, -0.25) is 4.79 Å². The van der Waals surface area contributed by atoms with Gasteiger partial charge in [-0.05, 0) is 32.1 Å². The number of nitrogens with two attached hydrogens (primary N) is 1. The number of carbonyl (C=O) groups excluding carboxylic acids is 1. The number of hydrogen-bond donors (Lipinski definition) is 1. The third-order valence-corrected chi connectivity index (χ3v) is 3.74. The molecule has 0 aromatic rings. The van der Waals surface area contributed by atoms with E-state index in [0.29, 0.717) is 0 Å². The Balaban J connectivity index is 2.21. The second-order valence-electron chi connectivity index (χ2n) is 4.66. The van der Waals surface area contributed by atoms with Crippen LogP contribution in [0.5, 0.6) is 0 Å². The lowest BCUT2D eigenvalue weighted by molar-refractivity contribution is -0.154. The van der Waals surface area contributed by atoms with Crippen LogP contribution in [0.1, 0.15) is 38.5 Å². The van der Waals surface area contributed by atoms with Gasteiger partial charge in [0, 0.05) is 5.54 Å². The van der Waals surface area contributed by atoms with Crippen molar-refractivity contribution in [2.75, 3.05) is 7.11 Å². The highest BCUT2D eigenvalue weighted by Gasteiger charge is 2.53. The van der Waals surface area contributed by atoms with Crippen LogP contribution in [-0.4, -0.2) is 18.6 Å². The van der Waals surface area contributed by atoms with E-state index in [1.807, 2.05) is 0 Å². The number of esters is 1. The second kappa shape index (κ2) is 2.71. The minimum Gasteiger partial charge on any atom is -0.469 e. The van der Waals surface area contributed by atoms with Gasteiger partial charge in [0.2, 0.25) is 0 Å². The van der Waals surface area contributed by atoms with E-state index in [-0.39, 0.29) is 16.9 Å². The number of methoxy groups -OCH3 is 1. The van der Waals surface area contributed by atoms with Crippen LogP contribution in [0, 0.1) is 5.41 Å². The topological polar surface area (TPSA) is 52.3 Å². The van der Waals surface area contributed by atoms with Crippen molar-refractivity contribution < 1.29 is 9.53 Å². The summed E-state index contributed by atoms with van der Waals surface area (Å²) in [5.41, 5.74) is 5.89. The van der Waals surface area contributed by atoms with Crippen LogP contribution in [0.15, 0.2) is 0 Å². The molecule has 0 aromatic heterocycles. The van der Waals surface area contributed by atoms with Crippen molar-refractivity contribution in [3.8, 4) is 0 Å². The molecule has 2 bridgehead atoms. The molecule has 0 aromatic carbocycles. The largest absolute Gasteiger partial charge is 0.469 e. The highest BCUT2D eigenvalue weighted by Crippen LogP contribution is 2.52. The van der Waals surface area contributed by atoms with Crippen LogP contribution in [0.4, 0.5) is 0 Å². The minimum absolute atomic E-state index is 0.0421. The molecule has 2 atom stereocenters. The molecule has 2 aliphatic rings. The molecule has 2 fully saturated rings. The molecule has 0 radical (unpaired) electrons. The molecule has 0 aliphatic heterocycles. The maximum Gasteiger partial charge on any atom is 0.311 e. The molecule has 0 heterocycles. The number of ether oxygens (including phenoxy) is 1. The molecule has 74 valence electrons. The molecule has 3 heteroatoms. The van der Waals surface area contributed by atoms with Crippen molar-refractivity contribution in [1.82, 2.24) is 0 Å². The normalized spacial score (nSPS) is 43.2. The monoisotopic (exact) mass is 183 g/mol. The van der Waals surface area contributed by atoms with E-state index in [9.17, 15) is 4.79 Å². The van der Waals surface area contributed by atoms with Gasteiger partial charge in [-0.2, -0.15) is 0 Å². The Labute approximate surface area is 78.6 Å². The molecule has 2 unspecified atom stereocenters. The Morgan fingerprint density at radius 3 is 2.77 bits per heavy atom. The Kier molecular flexibility index (Phi) is 1.88. The first kappa shape index (κ1) is 9.00. The van der Waals surface area contributed by atoms with E-state index < -0.39 is 0 Å². The van der Waals surface area contributed by atoms with Crippen LogP contribution < -0.4 is 5.73 Å². The van der Waals surface area contributed by atoms with Crippen LogP contribution in [0.3, 0.4) is 0 Å². The quantitative estimate of drug-likeness (QED) is 0.622. The maximum atomic E-state index is 11.6. The van der Waals surface area contributed by atoms with E-state index >= 15 is 0 Å². The van der Waals surface area contributed by atoms with Crippen LogP contribution in [0.2, 0.25) is 0 Å². The summed E-state index contributed by atoms with van der Waals surface area (Å²) in [6, 6.07) is 0. The molecular formula is C10H17NO2. The lowest BCUT2D eigenvalue weighted by Crippen LogP contribution is -2.43. The summed E-state index contributed by atoms with van der Waals surface area (Å²) in [5, 5.41) is 0. The van der Waals surface area contributed by atoms with E-state index in [1.54, 1.807) is 0 Å². The van der Waals surface area contributed by atoms with Crippen molar-refractivity contribution in [1.29, 1.82) is 0 Å². The minimum atomic E-state index is -0.220. The summed E-state index contributed by atoms with van der Waals surface area (Å²) in [6.07, 6.45) is 5.88. The van der Waals surface area contributed by atoms with Crippen molar-refractivity contribution >= 4 is 5.97 Å². The van der Waals surface area contributed by atoms with Gasteiger partial charge in [-0.15, -0.1) is 0 Å². The summed E-state index contributed by atoms with van der Waals surface area (Å²) in [6.45, 7) is 0. The molecular weight excluding hydrogens is 166 g/mol. The first-order valence-corrected chi connectivity index (χ1v) is 4.98. The molecule has 2 aliphatic carbocycles. The predicted molar refractivity (Wildman–Crippen MR) is 49.1 cm³/mol. The van der Waals surface area contributed by atoms with Crippen LogP contribution >= 0.6 is 0 Å². The summed E-state index contributed by atoms with van der Waals surface area (Å²) in [7, 11) is 1.47. The highest BCUT2D eigenvalue weighted by molar-refractivity contribution is 5.77. The zero-order valence-corrected chi connectivity index (χ0v) is 8.14. The average molecular weight is 183 g/mol. The lowest BCUT2D eigenvalue weighted by Gasteiger charge is -2.35. The van der Waals surface area contributed by atoms with Crippen LogP contribution in [0.25, 0.3) is 0 Å². The fraction of sp³-hybridized carbons (Fsp3) is 0.900. The average Bonchev–Trinajstić information content (AvgIpc) is 2.37. The first-order valence-electron chi connectivity index (χ1n) is 4.98. The fourth-order valence-corrected chi connectivity index (χ4v) is 3.04. The van der Waals surface area contributed by atoms with Crippen molar-refractivity contribution in [3.63, 3.8) is 0 Å². The summed E-state index contributed by atoms with van der Waals surface area (Å²) >= 11 is 0. The van der Waals surface area contributed by atoms with Gasteiger partial charge >= 0.3 is 5.97 Å². The number of fused-ring (bicyclic) bond motifs is 2. The molecule has 0 spiro atoms. The predicted octanol–water partition coefficient (Wildman–Crippen LogP) is 1.21. The van der Waals surface area contributed by atoms with E-state index in [1.165, 1.54) is 7.11 Å². The Morgan fingerprint density at radius 2 is 2.08 bits per heavy atom. The summed E-state index contributed by atoms with van der Waals surface area (Å²) in [4.78, 5) is 11.6. The zero-order valence-electron chi connectivity index (χ0n) is 8.14. The van der Waals surface area contributed by atoms with Gasteiger partial charge < -0.3 is 10.5 Å². The van der Waals surface area contributed by atoms with Crippen LogP contribution in [-0.2, 0) is 9.53 Å². The van der Waals surface area contributed by atoms with Gasteiger partial charge in [-0.25, -0.2) is 0 Å². The van der Waals surface area contributed by atoms with E-state index in [2.05, 4.69) is 0 Å².